The van der Waals surface area contributed by atoms with Crippen molar-refractivity contribution in [2.24, 2.45) is 0 Å². The molecule has 3 aromatic rings. The van der Waals surface area contributed by atoms with Gasteiger partial charge in [-0.05, 0) is 56.2 Å². The van der Waals surface area contributed by atoms with Gasteiger partial charge in [0.1, 0.15) is 18.1 Å². The molecule has 4 rings (SSSR count). The number of aromatic nitrogens is 1. The number of benzene rings is 2. The third-order valence-corrected chi connectivity index (χ3v) is 7.94. The van der Waals surface area contributed by atoms with E-state index < -0.39 is 41.9 Å². The van der Waals surface area contributed by atoms with Crippen molar-refractivity contribution in [2.45, 2.75) is 88.8 Å². The fourth-order valence-corrected chi connectivity index (χ4v) is 5.64. The average molecular weight is 591 g/mol. The molecular formula is C33H42N4O6. The van der Waals surface area contributed by atoms with Gasteiger partial charge in [0.05, 0.1) is 6.04 Å². The molecule has 10 nitrogen and oxygen atoms in total. The molecule has 1 aromatic heterocycles. The highest BCUT2D eigenvalue weighted by Crippen LogP contribution is 2.24. The molecule has 1 aliphatic rings. The van der Waals surface area contributed by atoms with Crippen molar-refractivity contribution in [3.63, 3.8) is 0 Å². The van der Waals surface area contributed by atoms with Crippen LogP contribution in [0.15, 0.2) is 60.8 Å². The number of ether oxygens (including phenoxy) is 1. The molecule has 0 spiro atoms. The second kappa shape index (κ2) is 15.2. The number of carboxylic acids is 1. The zero-order valence-corrected chi connectivity index (χ0v) is 24.7. The van der Waals surface area contributed by atoms with Gasteiger partial charge in [-0.2, -0.15) is 0 Å². The van der Waals surface area contributed by atoms with Crippen LogP contribution < -0.4 is 16.0 Å². The van der Waals surface area contributed by atoms with Gasteiger partial charge in [0.2, 0.25) is 11.8 Å². The summed E-state index contributed by atoms with van der Waals surface area (Å²) in [7, 11) is 0. The summed E-state index contributed by atoms with van der Waals surface area (Å²) in [5.74, 6) is -2.33. The van der Waals surface area contributed by atoms with Crippen LogP contribution in [0.4, 0.5) is 4.79 Å². The molecule has 1 heterocycles. The largest absolute Gasteiger partial charge is 0.481 e. The fraction of sp³-hybridized carbons (Fsp3) is 0.455. The lowest BCUT2D eigenvalue weighted by Crippen LogP contribution is -2.61. The summed E-state index contributed by atoms with van der Waals surface area (Å²) in [4.78, 5) is 53.7. The Hall–Kier alpha value is -4.34. The first kappa shape index (κ1) is 31.6. The maximum atomic E-state index is 14.1. The number of amides is 3. The highest BCUT2D eigenvalue weighted by Gasteiger charge is 2.38. The quantitative estimate of drug-likeness (QED) is 0.194. The summed E-state index contributed by atoms with van der Waals surface area (Å²) in [6.07, 6.45) is 7.94. The van der Waals surface area contributed by atoms with Gasteiger partial charge >= 0.3 is 12.1 Å². The Morgan fingerprint density at radius 3 is 2.37 bits per heavy atom. The summed E-state index contributed by atoms with van der Waals surface area (Å²) >= 11 is 0. The van der Waals surface area contributed by atoms with E-state index in [0.29, 0.717) is 6.42 Å². The molecule has 3 amide bonds. The van der Waals surface area contributed by atoms with E-state index in [2.05, 4.69) is 20.9 Å². The Morgan fingerprint density at radius 2 is 1.65 bits per heavy atom. The second-order valence-corrected chi connectivity index (χ2v) is 11.6. The number of para-hydroxylation sites is 1. The first-order valence-corrected chi connectivity index (χ1v) is 15.1. The van der Waals surface area contributed by atoms with Crippen LogP contribution in [0.1, 0.15) is 69.4 Å². The molecule has 0 radical (unpaired) electrons. The van der Waals surface area contributed by atoms with Crippen molar-refractivity contribution in [1.29, 1.82) is 0 Å². The number of hydrogen-bond donors (Lipinski definition) is 5. The topological polar surface area (TPSA) is 150 Å². The van der Waals surface area contributed by atoms with E-state index in [4.69, 9.17) is 9.84 Å². The first-order chi connectivity index (χ1) is 20.7. The highest BCUT2D eigenvalue weighted by molar-refractivity contribution is 5.94. The summed E-state index contributed by atoms with van der Waals surface area (Å²) in [5, 5.41) is 18.4. The number of hydrogen-bond acceptors (Lipinski definition) is 5. The molecule has 1 saturated carbocycles. The molecule has 0 saturated heterocycles. The van der Waals surface area contributed by atoms with Gasteiger partial charge < -0.3 is 30.8 Å². The number of nitrogens with one attached hydrogen (secondary N) is 4. The third kappa shape index (κ3) is 9.59. The second-order valence-electron chi connectivity index (χ2n) is 11.6. The predicted octanol–water partition coefficient (Wildman–Crippen LogP) is 4.63. The van der Waals surface area contributed by atoms with Gasteiger partial charge in [-0.3, -0.25) is 14.4 Å². The van der Waals surface area contributed by atoms with Crippen molar-refractivity contribution >= 4 is 34.8 Å². The van der Waals surface area contributed by atoms with Crippen LogP contribution >= 0.6 is 0 Å². The molecule has 5 N–H and O–H groups in total. The third-order valence-electron chi connectivity index (χ3n) is 7.94. The van der Waals surface area contributed by atoms with Gasteiger partial charge in [-0.25, -0.2) is 4.79 Å². The van der Waals surface area contributed by atoms with Crippen LogP contribution in [0.2, 0.25) is 0 Å². The Bertz CT molecular complexity index is 1380. The highest BCUT2D eigenvalue weighted by atomic mass is 16.6. The molecule has 1 aliphatic carbocycles. The van der Waals surface area contributed by atoms with E-state index in [9.17, 15) is 19.2 Å². The van der Waals surface area contributed by atoms with Crippen LogP contribution in [-0.4, -0.2) is 58.2 Å². The summed E-state index contributed by atoms with van der Waals surface area (Å²) < 4.78 is 5.85. The summed E-state index contributed by atoms with van der Waals surface area (Å²) in [5.41, 5.74) is 1.30. The standard InChI is InChI=1S/C33H42N4O6/c1-33(20-24-21-34-28-17-11-10-16-27(24)28,37-32(42)43-26-14-8-3-2-4-9-15-26)31(41)36-25(18-23-12-6-5-7-13-23)22-35-29(38)19-30(39)40/h5-7,10-13,16-17,21,25-26,34H,2-4,8-9,14-15,18-20,22H2,1H3,(H,35,38)(H,36,41)(H,37,42)(H,39,40). The van der Waals surface area contributed by atoms with E-state index in [1.54, 1.807) is 6.92 Å². The van der Waals surface area contributed by atoms with Crippen LogP contribution in [-0.2, 0) is 32.0 Å². The Kier molecular flexibility index (Phi) is 11.2. The number of fused-ring (bicyclic) bond motifs is 1. The van der Waals surface area contributed by atoms with E-state index in [1.807, 2.05) is 60.8 Å². The molecule has 2 aromatic carbocycles. The van der Waals surface area contributed by atoms with Crippen molar-refractivity contribution in [2.75, 3.05) is 6.54 Å². The number of carbonyl (C=O) groups is 4. The normalized spacial score (nSPS) is 16.2. The smallest absolute Gasteiger partial charge is 0.408 e. The molecule has 0 bridgehead atoms. The molecule has 2 atom stereocenters. The number of alkyl carbamates (subject to hydrolysis) is 1. The van der Waals surface area contributed by atoms with Crippen LogP contribution in [0.25, 0.3) is 10.9 Å². The fourth-order valence-electron chi connectivity index (χ4n) is 5.64. The van der Waals surface area contributed by atoms with Gasteiger partial charge in [-0.15, -0.1) is 0 Å². The zero-order valence-electron chi connectivity index (χ0n) is 24.7. The molecule has 43 heavy (non-hydrogen) atoms. The number of aliphatic carboxylic acids is 1. The minimum Gasteiger partial charge on any atom is -0.481 e. The van der Waals surface area contributed by atoms with Crippen LogP contribution in [0.5, 0.6) is 0 Å². The maximum Gasteiger partial charge on any atom is 0.408 e. The van der Waals surface area contributed by atoms with E-state index in [1.165, 1.54) is 6.42 Å². The van der Waals surface area contributed by atoms with E-state index >= 15 is 0 Å². The lowest BCUT2D eigenvalue weighted by Gasteiger charge is -2.32. The zero-order chi connectivity index (χ0) is 30.7. The molecule has 2 unspecified atom stereocenters. The van der Waals surface area contributed by atoms with Gasteiger partial charge in [-0.1, -0.05) is 67.8 Å². The number of carboxylic acid groups (broad SMARTS) is 1. The van der Waals surface area contributed by atoms with Crippen molar-refractivity contribution in [3.8, 4) is 0 Å². The van der Waals surface area contributed by atoms with E-state index in [-0.39, 0.29) is 19.1 Å². The van der Waals surface area contributed by atoms with E-state index in [0.717, 1.165) is 60.6 Å². The number of carbonyl (C=O) groups excluding carboxylic acids is 3. The minimum atomic E-state index is -1.40. The molecule has 0 aliphatic heterocycles. The Morgan fingerprint density at radius 1 is 0.977 bits per heavy atom. The van der Waals surface area contributed by atoms with Crippen molar-refractivity contribution in [3.05, 3.63) is 71.9 Å². The minimum absolute atomic E-state index is 0.0163. The Balaban J connectivity index is 1.55. The number of H-pyrrole nitrogens is 1. The SMILES string of the molecule is CC(Cc1c[nH]c2ccccc12)(NC(=O)OC1CCCCCCC1)C(=O)NC(CNC(=O)CC(=O)O)Cc1ccccc1. The molecule has 230 valence electrons. The van der Waals surface area contributed by atoms with Crippen molar-refractivity contribution in [1.82, 2.24) is 20.9 Å². The summed E-state index contributed by atoms with van der Waals surface area (Å²) in [6, 6.07) is 16.6. The monoisotopic (exact) mass is 590 g/mol. The average Bonchev–Trinajstić information content (AvgIpc) is 3.35. The lowest BCUT2D eigenvalue weighted by atomic mass is 9.90. The van der Waals surface area contributed by atoms with Crippen molar-refractivity contribution < 1.29 is 29.0 Å². The number of aromatic amines is 1. The van der Waals surface area contributed by atoms with Crippen LogP contribution in [0.3, 0.4) is 0 Å². The van der Waals surface area contributed by atoms with Gasteiger partial charge in [0.25, 0.3) is 0 Å². The van der Waals surface area contributed by atoms with Crippen LogP contribution in [0, 0.1) is 0 Å². The Labute approximate surface area is 252 Å². The van der Waals surface area contributed by atoms with Gasteiger partial charge in [0.15, 0.2) is 0 Å². The maximum absolute atomic E-state index is 14.1. The molecular weight excluding hydrogens is 548 g/mol. The molecule has 1 fully saturated rings. The predicted molar refractivity (Wildman–Crippen MR) is 163 cm³/mol. The summed E-state index contributed by atoms with van der Waals surface area (Å²) in [6.45, 7) is 1.69. The van der Waals surface area contributed by atoms with Gasteiger partial charge in [0, 0.05) is 30.1 Å². The lowest BCUT2D eigenvalue weighted by molar-refractivity contribution is -0.141. The number of rotatable bonds is 12. The first-order valence-electron chi connectivity index (χ1n) is 15.1. The molecule has 10 heteroatoms.